The Morgan fingerprint density at radius 1 is 1.28 bits per heavy atom. The molecule has 0 saturated heterocycles. The molecule has 0 aliphatic heterocycles. The van der Waals surface area contributed by atoms with Gasteiger partial charge < -0.3 is 4.57 Å². The zero-order valence-corrected chi connectivity index (χ0v) is 11.3. The first kappa shape index (κ1) is 12.8. The van der Waals surface area contributed by atoms with E-state index in [2.05, 4.69) is 28.7 Å². The summed E-state index contributed by atoms with van der Waals surface area (Å²) in [5.41, 5.74) is 1.05. The fourth-order valence-electron chi connectivity index (χ4n) is 2.01. The second kappa shape index (κ2) is 4.89. The molecule has 98 valence electrons. The van der Waals surface area contributed by atoms with Gasteiger partial charge in [-0.1, -0.05) is 13.8 Å². The molecule has 0 radical (unpaired) electrons. The lowest BCUT2D eigenvalue weighted by molar-refractivity contribution is 0.283. The number of hydrogen-bond acceptors (Lipinski definition) is 4. The molecule has 6 heteroatoms. The molecule has 0 saturated carbocycles. The lowest BCUT2D eigenvalue weighted by Crippen LogP contribution is -2.30. The number of aromatic nitrogens is 4. The summed E-state index contributed by atoms with van der Waals surface area (Å²) in [5, 5.41) is 0. The molecule has 0 fully saturated rings. The lowest BCUT2D eigenvalue weighted by Gasteiger charge is -2.18. The molecule has 0 atom stereocenters. The zero-order chi connectivity index (χ0) is 13.3. The van der Waals surface area contributed by atoms with Gasteiger partial charge in [-0.25, -0.2) is 9.97 Å². The highest BCUT2D eigenvalue weighted by Gasteiger charge is 2.13. The molecule has 0 unspecified atom stereocenters. The topological polar surface area (TPSA) is 56.0 Å². The molecular formula is C12H19N5O. The van der Waals surface area contributed by atoms with Gasteiger partial charge in [0.2, 0.25) is 0 Å². The third kappa shape index (κ3) is 2.03. The number of aryl methyl sites for hydroxylation is 1. The molecule has 0 aliphatic carbocycles. The van der Waals surface area contributed by atoms with Crippen LogP contribution in [-0.4, -0.2) is 37.1 Å². The number of fused-ring (bicyclic) bond motifs is 1. The molecule has 0 aliphatic rings. The summed E-state index contributed by atoms with van der Waals surface area (Å²) in [5.74, 6) is 0.759. The van der Waals surface area contributed by atoms with Crippen molar-refractivity contribution in [2.24, 2.45) is 14.1 Å². The first-order valence-corrected chi connectivity index (χ1v) is 6.17. The smallest absolute Gasteiger partial charge is 0.279 e. The first-order chi connectivity index (χ1) is 8.58. The summed E-state index contributed by atoms with van der Waals surface area (Å²) >= 11 is 0. The molecule has 0 bridgehead atoms. The van der Waals surface area contributed by atoms with E-state index in [1.807, 2.05) is 7.05 Å². The van der Waals surface area contributed by atoms with Gasteiger partial charge in [0, 0.05) is 14.1 Å². The van der Waals surface area contributed by atoms with Gasteiger partial charge in [-0.05, 0) is 13.1 Å². The van der Waals surface area contributed by atoms with Crippen LogP contribution < -0.4 is 5.56 Å². The second-order valence-electron chi connectivity index (χ2n) is 4.38. The van der Waals surface area contributed by atoms with Crippen LogP contribution >= 0.6 is 0 Å². The van der Waals surface area contributed by atoms with E-state index in [9.17, 15) is 4.79 Å². The predicted octanol–water partition coefficient (Wildman–Crippen LogP) is 0.509. The van der Waals surface area contributed by atoms with Crippen LogP contribution in [0.15, 0.2) is 11.1 Å². The van der Waals surface area contributed by atoms with E-state index in [0.29, 0.717) is 17.7 Å². The molecule has 2 heterocycles. The van der Waals surface area contributed by atoms with E-state index in [0.717, 1.165) is 18.9 Å². The Morgan fingerprint density at radius 3 is 2.56 bits per heavy atom. The summed E-state index contributed by atoms with van der Waals surface area (Å²) in [4.78, 5) is 23.1. The third-order valence-corrected chi connectivity index (χ3v) is 3.31. The normalized spacial score (nSPS) is 11.6. The molecule has 0 spiro atoms. The summed E-state index contributed by atoms with van der Waals surface area (Å²) in [6, 6.07) is 0. The minimum absolute atomic E-state index is 0.0397. The molecule has 0 aromatic carbocycles. The van der Waals surface area contributed by atoms with Crippen LogP contribution in [0.3, 0.4) is 0 Å². The highest BCUT2D eigenvalue weighted by Crippen LogP contribution is 2.06. The maximum atomic E-state index is 12.2. The Morgan fingerprint density at radius 2 is 1.94 bits per heavy atom. The molecule has 0 amide bonds. The first-order valence-electron chi connectivity index (χ1n) is 6.17. The average Bonchev–Trinajstić information content (AvgIpc) is 2.73. The van der Waals surface area contributed by atoms with Crippen LogP contribution in [0.2, 0.25) is 0 Å². The standard InChI is InChI=1S/C12H19N5O/c1-5-17(6-2)7-9-14-11-10(12(18)16(9)4)15(3)8-13-11/h8H,5-7H2,1-4H3. The number of imidazole rings is 1. The van der Waals surface area contributed by atoms with Crippen molar-refractivity contribution in [3.05, 3.63) is 22.5 Å². The van der Waals surface area contributed by atoms with Crippen LogP contribution in [0.25, 0.3) is 11.2 Å². The summed E-state index contributed by atoms with van der Waals surface area (Å²) in [6.45, 7) is 6.74. The monoisotopic (exact) mass is 249 g/mol. The van der Waals surface area contributed by atoms with E-state index in [1.54, 1.807) is 22.5 Å². The molecule has 6 nitrogen and oxygen atoms in total. The Hall–Kier alpha value is -1.69. The minimum Gasteiger partial charge on any atom is -0.328 e. The zero-order valence-electron chi connectivity index (χ0n) is 11.3. The van der Waals surface area contributed by atoms with Crippen LogP contribution in [-0.2, 0) is 20.6 Å². The van der Waals surface area contributed by atoms with Crippen LogP contribution in [0.1, 0.15) is 19.7 Å². The van der Waals surface area contributed by atoms with Gasteiger partial charge in [-0.3, -0.25) is 14.3 Å². The van der Waals surface area contributed by atoms with Crippen LogP contribution in [0.5, 0.6) is 0 Å². The van der Waals surface area contributed by atoms with E-state index >= 15 is 0 Å². The number of rotatable bonds is 4. The Labute approximate surface area is 106 Å². The Bertz CT molecular complexity index is 609. The molecule has 18 heavy (non-hydrogen) atoms. The van der Waals surface area contributed by atoms with Crippen molar-refractivity contribution in [3.8, 4) is 0 Å². The van der Waals surface area contributed by atoms with Crippen molar-refractivity contribution in [2.45, 2.75) is 20.4 Å². The molecule has 2 aromatic heterocycles. The van der Waals surface area contributed by atoms with Crippen molar-refractivity contribution in [1.82, 2.24) is 24.0 Å². The predicted molar refractivity (Wildman–Crippen MR) is 70.4 cm³/mol. The number of nitrogens with zero attached hydrogens (tertiary/aromatic N) is 5. The van der Waals surface area contributed by atoms with Gasteiger partial charge >= 0.3 is 0 Å². The van der Waals surface area contributed by atoms with Gasteiger partial charge in [0.05, 0.1) is 12.9 Å². The fourth-order valence-corrected chi connectivity index (χ4v) is 2.01. The largest absolute Gasteiger partial charge is 0.328 e. The van der Waals surface area contributed by atoms with Gasteiger partial charge in [-0.15, -0.1) is 0 Å². The minimum atomic E-state index is -0.0397. The molecule has 0 N–H and O–H groups in total. The van der Waals surface area contributed by atoms with Crippen molar-refractivity contribution >= 4 is 11.2 Å². The quantitative estimate of drug-likeness (QED) is 0.792. The van der Waals surface area contributed by atoms with Crippen LogP contribution in [0, 0.1) is 0 Å². The summed E-state index contributed by atoms with van der Waals surface area (Å²) < 4.78 is 3.33. The third-order valence-electron chi connectivity index (χ3n) is 3.31. The van der Waals surface area contributed by atoms with E-state index in [4.69, 9.17) is 0 Å². The van der Waals surface area contributed by atoms with Crippen molar-refractivity contribution in [3.63, 3.8) is 0 Å². The van der Waals surface area contributed by atoms with Gasteiger partial charge in [-0.2, -0.15) is 0 Å². The lowest BCUT2D eigenvalue weighted by atomic mass is 10.4. The Kier molecular flexibility index (Phi) is 3.47. The van der Waals surface area contributed by atoms with E-state index in [1.165, 1.54) is 0 Å². The summed E-state index contributed by atoms with van der Waals surface area (Å²) in [7, 11) is 3.57. The van der Waals surface area contributed by atoms with Gasteiger partial charge in [0.1, 0.15) is 5.82 Å². The average molecular weight is 249 g/mol. The maximum absolute atomic E-state index is 12.2. The highest BCUT2D eigenvalue weighted by molar-refractivity contribution is 5.69. The fraction of sp³-hybridized carbons (Fsp3) is 0.583. The SMILES string of the molecule is CCN(CC)Cc1nc2ncn(C)c2c(=O)n1C. The highest BCUT2D eigenvalue weighted by atomic mass is 16.1. The molecular weight excluding hydrogens is 230 g/mol. The second-order valence-corrected chi connectivity index (χ2v) is 4.38. The van der Waals surface area contributed by atoms with Crippen LogP contribution in [0.4, 0.5) is 0 Å². The molecule has 2 aromatic rings. The van der Waals surface area contributed by atoms with Gasteiger partial charge in [0.15, 0.2) is 11.2 Å². The number of hydrogen-bond donors (Lipinski definition) is 0. The van der Waals surface area contributed by atoms with Crippen molar-refractivity contribution in [2.75, 3.05) is 13.1 Å². The van der Waals surface area contributed by atoms with Gasteiger partial charge in [0.25, 0.3) is 5.56 Å². The van der Waals surface area contributed by atoms with E-state index < -0.39 is 0 Å². The van der Waals surface area contributed by atoms with E-state index in [-0.39, 0.29) is 5.56 Å². The summed E-state index contributed by atoms with van der Waals surface area (Å²) in [6.07, 6.45) is 1.63. The Balaban J connectivity index is 2.53. The van der Waals surface area contributed by atoms with Crippen molar-refractivity contribution < 1.29 is 0 Å². The molecule has 2 rings (SSSR count). The maximum Gasteiger partial charge on any atom is 0.279 e. The van der Waals surface area contributed by atoms with Crippen molar-refractivity contribution in [1.29, 1.82) is 0 Å².